The van der Waals surface area contributed by atoms with Crippen molar-refractivity contribution in [2.24, 2.45) is 0 Å². The maximum Gasteiger partial charge on any atom is 0.407 e. The Kier molecular flexibility index (Phi) is 5.30. The Morgan fingerprint density at radius 1 is 1.06 bits per heavy atom. The van der Waals surface area contributed by atoms with Crippen LogP contribution in [0.2, 0.25) is 0 Å². The quantitative estimate of drug-likeness (QED) is 0.434. The lowest BCUT2D eigenvalue weighted by atomic mass is 9.98. The normalized spacial score (nSPS) is 14.6. The third-order valence-corrected chi connectivity index (χ3v) is 5.79. The number of aliphatic hydroxyl groups is 2. The summed E-state index contributed by atoms with van der Waals surface area (Å²) in [7, 11) is 0. The number of aliphatic hydroxyl groups excluding tert-OH is 2. The smallest absolute Gasteiger partial charge is 0.407 e. The van der Waals surface area contributed by atoms with E-state index < -0.39 is 18.3 Å². The zero-order chi connectivity index (χ0) is 22.1. The lowest BCUT2D eigenvalue weighted by Crippen LogP contribution is -2.36. The first-order valence-electron chi connectivity index (χ1n) is 10.4. The van der Waals surface area contributed by atoms with Crippen molar-refractivity contribution < 1.29 is 19.7 Å². The molecule has 4 aromatic rings. The number of fused-ring (bicyclic) bond motifs is 4. The number of nitrogens with zero attached hydrogens (tertiary/aromatic N) is 3. The van der Waals surface area contributed by atoms with Gasteiger partial charge in [0, 0.05) is 30.4 Å². The fourth-order valence-corrected chi connectivity index (χ4v) is 4.21. The van der Waals surface area contributed by atoms with Crippen LogP contribution >= 0.6 is 0 Å². The molecule has 2 aromatic carbocycles. The molecule has 8 heteroatoms. The Morgan fingerprint density at radius 3 is 2.47 bits per heavy atom. The first-order chi connectivity index (χ1) is 15.6. The second-order valence-corrected chi connectivity index (χ2v) is 7.71. The van der Waals surface area contributed by atoms with E-state index >= 15 is 0 Å². The summed E-state index contributed by atoms with van der Waals surface area (Å²) in [6.45, 7) is -0.00150. The first-order valence-corrected chi connectivity index (χ1v) is 10.4. The van der Waals surface area contributed by atoms with Gasteiger partial charge in [-0.25, -0.2) is 14.3 Å². The third kappa shape index (κ3) is 3.59. The fraction of sp³-hybridized carbons (Fsp3) is 0.208. The molecule has 0 bridgehead atoms. The van der Waals surface area contributed by atoms with E-state index in [4.69, 9.17) is 4.74 Å². The number of amides is 1. The van der Waals surface area contributed by atoms with Crippen molar-refractivity contribution in [2.75, 3.05) is 13.2 Å². The minimum atomic E-state index is -1.25. The number of aromatic nitrogens is 3. The Hall–Kier alpha value is -3.75. The molecule has 0 aliphatic heterocycles. The maximum atomic E-state index is 12.3. The largest absolute Gasteiger partial charge is 0.449 e. The van der Waals surface area contributed by atoms with E-state index in [1.165, 1.54) is 10.7 Å². The van der Waals surface area contributed by atoms with Crippen LogP contribution in [0.5, 0.6) is 0 Å². The van der Waals surface area contributed by atoms with Crippen LogP contribution in [0.25, 0.3) is 16.8 Å². The number of carbonyl (C=O) groups is 1. The number of hydrogen-bond acceptors (Lipinski definition) is 6. The average Bonchev–Trinajstić information content (AvgIpc) is 3.40. The van der Waals surface area contributed by atoms with Gasteiger partial charge in [-0.2, -0.15) is 5.10 Å². The van der Waals surface area contributed by atoms with Crippen molar-refractivity contribution in [3.63, 3.8) is 0 Å². The van der Waals surface area contributed by atoms with Gasteiger partial charge in [0.2, 0.25) is 0 Å². The van der Waals surface area contributed by atoms with Crippen LogP contribution in [0.1, 0.15) is 28.7 Å². The summed E-state index contributed by atoms with van der Waals surface area (Å²) in [6, 6.07) is 17.9. The van der Waals surface area contributed by atoms with Crippen molar-refractivity contribution in [2.45, 2.75) is 18.1 Å². The summed E-state index contributed by atoms with van der Waals surface area (Å²) in [4.78, 5) is 16.5. The molecular weight excluding hydrogens is 408 g/mol. The lowest BCUT2D eigenvalue weighted by molar-refractivity contribution is 0.0192. The van der Waals surface area contributed by atoms with Crippen LogP contribution in [-0.4, -0.2) is 50.2 Å². The van der Waals surface area contributed by atoms with Crippen LogP contribution in [-0.2, 0) is 4.74 Å². The van der Waals surface area contributed by atoms with E-state index in [2.05, 4.69) is 27.5 Å². The molecule has 0 saturated heterocycles. The van der Waals surface area contributed by atoms with E-state index in [0.29, 0.717) is 11.2 Å². The predicted molar refractivity (Wildman–Crippen MR) is 117 cm³/mol. The third-order valence-electron chi connectivity index (χ3n) is 5.79. The average molecular weight is 430 g/mol. The molecule has 32 heavy (non-hydrogen) atoms. The summed E-state index contributed by atoms with van der Waals surface area (Å²) in [5.41, 5.74) is 5.37. The highest BCUT2D eigenvalue weighted by molar-refractivity contribution is 5.79. The van der Waals surface area contributed by atoms with Gasteiger partial charge in [-0.15, -0.1) is 0 Å². The van der Waals surface area contributed by atoms with Gasteiger partial charge in [0.05, 0.1) is 6.20 Å². The van der Waals surface area contributed by atoms with E-state index in [9.17, 15) is 15.0 Å². The Labute approximate surface area is 184 Å². The second kappa shape index (κ2) is 8.41. The van der Waals surface area contributed by atoms with Crippen molar-refractivity contribution in [3.8, 4) is 11.1 Å². The molecule has 8 nitrogen and oxygen atoms in total. The molecule has 0 fully saturated rings. The molecule has 2 heterocycles. The summed E-state index contributed by atoms with van der Waals surface area (Å²) < 4.78 is 6.96. The molecule has 0 radical (unpaired) electrons. The molecule has 2 aromatic heterocycles. The van der Waals surface area contributed by atoms with E-state index in [1.807, 2.05) is 36.4 Å². The highest BCUT2D eigenvalue weighted by Crippen LogP contribution is 2.44. The Balaban J connectivity index is 1.20. The molecule has 5 rings (SSSR count). The van der Waals surface area contributed by atoms with Gasteiger partial charge in [0.1, 0.15) is 18.8 Å². The molecule has 2 atom stereocenters. The minimum Gasteiger partial charge on any atom is -0.449 e. The van der Waals surface area contributed by atoms with Gasteiger partial charge in [-0.3, -0.25) is 0 Å². The van der Waals surface area contributed by atoms with Crippen molar-refractivity contribution in [1.82, 2.24) is 19.9 Å². The van der Waals surface area contributed by atoms with Crippen LogP contribution in [0, 0.1) is 0 Å². The summed E-state index contributed by atoms with van der Waals surface area (Å²) >= 11 is 0. The van der Waals surface area contributed by atoms with E-state index in [-0.39, 0.29) is 19.1 Å². The van der Waals surface area contributed by atoms with Crippen molar-refractivity contribution in [1.29, 1.82) is 0 Å². The number of ether oxygens (including phenoxy) is 1. The molecule has 1 aliphatic rings. The monoisotopic (exact) mass is 430 g/mol. The number of benzene rings is 2. The molecule has 3 N–H and O–H groups in total. The second-order valence-electron chi connectivity index (χ2n) is 7.71. The number of alkyl carbamates (subject to hydrolysis) is 1. The molecule has 2 unspecified atom stereocenters. The molecule has 0 saturated carbocycles. The van der Waals surface area contributed by atoms with Crippen molar-refractivity contribution in [3.05, 3.63) is 89.9 Å². The van der Waals surface area contributed by atoms with Gasteiger partial charge in [-0.05, 0) is 28.3 Å². The van der Waals surface area contributed by atoms with Crippen LogP contribution in [0.4, 0.5) is 4.79 Å². The predicted octanol–water partition coefficient (Wildman–Crippen LogP) is 2.66. The first kappa shape index (κ1) is 20.2. The molecule has 1 aliphatic carbocycles. The lowest BCUT2D eigenvalue weighted by Gasteiger charge is -2.18. The minimum absolute atomic E-state index is 0.0477. The molecule has 1 amide bonds. The maximum absolute atomic E-state index is 12.3. The standard InChI is InChI=1S/C24H22N4O4/c29-21(22(30)19-12-27-28-11-5-10-25-23(19)28)13-26-24(31)32-14-20-17-8-3-1-6-15(17)16-7-2-4-9-18(16)20/h1-12,20-22,29-30H,13-14H2,(H,26,31). The van der Waals surface area contributed by atoms with E-state index in [0.717, 1.165) is 22.3 Å². The summed E-state index contributed by atoms with van der Waals surface area (Å²) in [5, 5.41) is 27.5. The van der Waals surface area contributed by atoms with Crippen LogP contribution in [0.15, 0.2) is 73.2 Å². The molecule has 0 spiro atoms. The molecular formula is C24H22N4O4. The number of carbonyl (C=O) groups excluding carboxylic acids is 1. The SMILES string of the molecule is O=C(NCC(O)C(O)c1cnn2cccnc12)OCC1c2ccccc2-c2ccccc21. The topological polar surface area (TPSA) is 109 Å². The molecule has 162 valence electrons. The number of hydrogen-bond donors (Lipinski definition) is 3. The van der Waals surface area contributed by atoms with E-state index in [1.54, 1.807) is 18.5 Å². The summed E-state index contributed by atoms with van der Waals surface area (Å²) in [6.07, 6.45) is 1.57. The highest BCUT2D eigenvalue weighted by atomic mass is 16.5. The summed E-state index contributed by atoms with van der Waals surface area (Å²) in [5.74, 6) is -0.0477. The van der Waals surface area contributed by atoms with Crippen molar-refractivity contribution >= 4 is 11.7 Å². The number of rotatable bonds is 6. The van der Waals surface area contributed by atoms with Crippen LogP contribution < -0.4 is 5.32 Å². The van der Waals surface area contributed by atoms with Gasteiger partial charge in [-0.1, -0.05) is 48.5 Å². The Morgan fingerprint density at radius 2 is 1.75 bits per heavy atom. The zero-order valence-electron chi connectivity index (χ0n) is 17.1. The Bertz CT molecular complexity index is 1230. The zero-order valence-corrected chi connectivity index (χ0v) is 17.1. The fourth-order valence-electron chi connectivity index (χ4n) is 4.21. The van der Waals surface area contributed by atoms with Crippen LogP contribution in [0.3, 0.4) is 0 Å². The van der Waals surface area contributed by atoms with Gasteiger partial charge in [0.25, 0.3) is 0 Å². The number of nitrogens with one attached hydrogen (secondary N) is 1. The van der Waals surface area contributed by atoms with Gasteiger partial charge < -0.3 is 20.3 Å². The highest BCUT2D eigenvalue weighted by Gasteiger charge is 2.29. The van der Waals surface area contributed by atoms with Gasteiger partial charge in [0.15, 0.2) is 5.65 Å². The van der Waals surface area contributed by atoms with Gasteiger partial charge >= 0.3 is 6.09 Å².